The lowest BCUT2D eigenvalue weighted by molar-refractivity contribution is -0.384. The molecule has 0 atom stereocenters. The van der Waals surface area contributed by atoms with Gasteiger partial charge in [0.25, 0.3) is 5.69 Å². The smallest absolute Gasteiger partial charge is 0.269 e. The SMILES string of the molecule is Cc1cc([N+](=O)[O-])ccc1N=C(C1CC1)N(C1CCCC1)C1CCCC1. The van der Waals surface area contributed by atoms with Crippen LogP contribution in [0.1, 0.15) is 69.8 Å². The fourth-order valence-electron chi connectivity index (χ4n) is 4.74. The average Bonchev–Trinajstić information content (AvgIpc) is 3.09. The van der Waals surface area contributed by atoms with Gasteiger partial charge in [-0.15, -0.1) is 0 Å². The van der Waals surface area contributed by atoms with Crippen LogP contribution in [0.3, 0.4) is 0 Å². The molecule has 3 saturated carbocycles. The highest BCUT2D eigenvalue weighted by atomic mass is 16.6. The van der Waals surface area contributed by atoms with Gasteiger partial charge >= 0.3 is 0 Å². The highest BCUT2D eigenvalue weighted by Crippen LogP contribution is 2.40. The van der Waals surface area contributed by atoms with Gasteiger partial charge in [0, 0.05) is 30.1 Å². The second-order valence-electron chi connectivity index (χ2n) is 8.26. The number of amidine groups is 1. The second-order valence-corrected chi connectivity index (χ2v) is 8.26. The number of non-ortho nitro benzene ring substituents is 1. The third-order valence-corrected chi connectivity index (χ3v) is 6.27. The number of hydrogen-bond acceptors (Lipinski definition) is 3. The molecule has 5 nitrogen and oxygen atoms in total. The first-order valence-electron chi connectivity index (χ1n) is 10.3. The first-order chi connectivity index (χ1) is 12.6. The van der Waals surface area contributed by atoms with E-state index >= 15 is 0 Å². The Kier molecular flexibility index (Phi) is 4.96. The molecule has 0 N–H and O–H groups in total. The van der Waals surface area contributed by atoms with Crippen molar-refractivity contribution in [2.75, 3.05) is 0 Å². The average molecular weight is 355 g/mol. The fraction of sp³-hybridized carbons (Fsp3) is 0.667. The molecule has 0 saturated heterocycles. The van der Waals surface area contributed by atoms with Crippen molar-refractivity contribution in [3.63, 3.8) is 0 Å². The lowest BCUT2D eigenvalue weighted by atomic mass is 10.1. The molecule has 3 aliphatic rings. The summed E-state index contributed by atoms with van der Waals surface area (Å²) < 4.78 is 0. The van der Waals surface area contributed by atoms with E-state index in [4.69, 9.17) is 4.99 Å². The van der Waals surface area contributed by atoms with E-state index in [9.17, 15) is 10.1 Å². The van der Waals surface area contributed by atoms with Gasteiger partial charge < -0.3 is 4.90 Å². The van der Waals surface area contributed by atoms with Crippen molar-refractivity contribution in [1.82, 2.24) is 4.90 Å². The molecule has 3 aliphatic carbocycles. The molecule has 5 heteroatoms. The van der Waals surface area contributed by atoms with Crippen molar-refractivity contribution in [3.05, 3.63) is 33.9 Å². The predicted octanol–water partition coefficient (Wildman–Crippen LogP) is 5.53. The van der Waals surface area contributed by atoms with E-state index in [-0.39, 0.29) is 10.6 Å². The number of hydrogen-bond donors (Lipinski definition) is 0. The number of aryl methyl sites for hydroxylation is 1. The zero-order valence-corrected chi connectivity index (χ0v) is 15.7. The van der Waals surface area contributed by atoms with Crippen molar-refractivity contribution >= 4 is 17.2 Å². The van der Waals surface area contributed by atoms with Crippen LogP contribution >= 0.6 is 0 Å². The van der Waals surface area contributed by atoms with Crippen molar-refractivity contribution in [2.24, 2.45) is 10.9 Å². The third kappa shape index (κ3) is 3.62. The number of nitro groups is 1. The summed E-state index contributed by atoms with van der Waals surface area (Å²) >= 11 is 0. The first-order valence-corrected chi connectivity index (χ1v) is 10.3. The van der Waals surface area contributed by atoms with Crippen LogP contribution in [-0.2, 0) is 0 Å². The molecule has 26 heavy (non-hydrogen) atoms. The second kappa shape index (κ2) is 7.37. The fourth-order valence-corrected chi connectivity index (χ4v) is 4.74. The van der Waals surface area contributed by atoms with Gasteiger partial charge in [0.1, 0.15) is 5.84 Å². The molecule has 140 valence electrons. The van der Waals surface area contributed by atoms with Crippen molar-refractivity contribution in [3.8, 4) is 0 Å². The van der Waals surface area contributed by atoms with Gasteiger partial charge in [-0.25, -0.2) is 4.99 Å². The van der Waals surface area contributed by atoms with Crippen LogP contribution in [0.5, 0.6) is 0 Å². The predicted molar refractivity (Wildman–Crippen MR) is 104 cm³/mol. The Bertz CT molecular complexity index is 683. The Morgan fingerprint density at radius 1 is 1.04 bits per heavy atom. The Hall–Kier alpha value is -1.91. The normalized spacial score (nSPS) is 22.1. The van der Waals surface area contributed by atoms with Gasteiger partial charge in [-0.1, -0.05) is 25.7 Å². The highest BCUT2D eigenvalue weighted by molar-refractivity contribution is 5.90. The summed E-state index contributed by atoms with van der Waals surface area (Å²) in [5, 5.41) is 11.0. The van der Waals surface area contributed by atoms with Gasteiger partial charge in [-0.2, -0.15) is 0 Å². The molecule has 0 radical (unpaired) electrons. The summed E-state index contributed by atoms with van der Waals surface area (Å²) in [7, 11) is 0. The molecule has 0 aromatic heterocycles. The van der Waals surface area contributed by atoms with Gasteiger partial charge in [-0.05, 0) is 57.1 Å². The molecule has 4 rings (SSSR count). The van der Waals surface area contributed by atoms with E-state index in [1.165, 1.54) is 70.0 Å². The molecule has 0 unspecified atom stereocenters. The molecule has 0 heterocycles. The van der Waals surface area contributed by atoms with E-state index < -0.39 is 0 Å². The lowest BCUT2D eigenvalue weighted by Gasteiger charge is -2.38. The maximum absolute atomic E-state index is 11.0. The topological polar surface area (TPSA) is 58.7 Å². The Morgan fingerprint density at radius 2 is 1.62 bits per heavy atom. The van der Waals surface area contributed by atoms with Crippen LogP contribution in [0.25, 0.3) is 0 Å². The minimum atomic E-state index is -0.328. The molecule has 0 amide bonds. The van der Waals surface area contributed by atoms with Crippen molar-refractivity contribution < 1.29 is 4.92 Å². The first kappa shape index (κ1) is 17.5. The van der Waals surface area contributed by atoms with E-state index in [0.29, 0.717) is 18.0 Å². The summed E-state index contributed by atoms with van der Waals surface area (Å²) in [6, 6.07) is 6.37. The quantitative estimate of drug-likeness (QED) is 0.302. The monoisotopic (exact) mass is 355 g/mol. The maximum atomic E-state index is 11.0. The molecular formula is C21H29N3O2. The van der Waals surface area contributed by atoms with Crippen LogP contribution in [0.2, 0.25) is 0 Å². The van der Waals surface area contributed by atoms with E-state index in [1.54, 1.807) is 12.1 Å². The van der Waals surface area contributed by atoms with Crippen LogP contribution in [0.15, 0.2) is 23.2 Å². The summed E-state index contributed by atoms with van der Waals surface area (Å²) in [5.74, 6) is 1.87. The summed E-state index contributed by atoms with van der Waals surface area (Å²) in [4.78, 5) is 18.5. The summed E-state index contributed by atoms with van der Waals surface area (Å²) in [6.45, 7) is 1.94. The van der Waals surface area contributed by atoms with Crippen LogP contribution in [0, 0.1) is 23.0 Å². The molecule has 1 aromatic rings. The number of rotatable bonds is 5. The van der Waals surface area contributed by atoms with Crippen molar-refractivity contribution in [1.29, 1.82) is 0 Å². The van der Waals surface area contributed by atoms with Crippen LogP contribution in [-0.4, -0.2) is 27.7 Å². The lowest BCUT2D eigenvalue weighted by Crippen LogP contribution is -2.46. The minimum absolute atomic E-state index is 0.151. The molecule has 0 bridgehead atoms. The maximum Gasteiger partial charge on any atom is 0.269 e. The Morgan fingerprint density at radius 3 is 2.08 bits per heavy atom. The standard InChI is InChI=1S/C21H29N3O2/c1-15-14-19(24(25)26)12-13-20(15)22-21(16-10-11-16)23(17-6-2-3-7-17)18-8-4-5-9-18/h12-14,16-18H,2-11H2,1H3. The molecule has 1 aromatic carbocycles. The third-order valence-electron chi connectivity index (χ3n) is 6.27. The Balaban J connectivity index is 1.68. The number of benzene rings is 1. The molecular weight excluding hydrogens is 326 g/mol. The van der Waals surface area contributed by atoms with Gasteiger partial charge in [-0.3, -0.25) is 10.1 Å². The summed E-state index contributed by atoms with van der Waals surface area (Å²) in [6.07, 6.45) is 13.0. The Labute approximate surface area is 155 Å². The zero-order valence-electron chi connectivity index (χ0n) is 15.7. The zero-order chi connectivity index (χ0) is 18.1. The van der Waals surface area contributed by atoms with Gasteiger partial charge in [0.2, 0.25) is 0 Å². The minimum Gasteiger partial charge on any atom is -0.354 e. The van der Waals surface area contributed by atoms with Crippen molar-refractivity contribution in [2.45, 2.75) is 83.2 Å². The number of nitrogens with zero attached hydrogens (tertiary/aromatic N) is 3. The molecule has 3 fully saturated rings. The molecule has 0 spiro atoms. The van der Waals surface area contributed by atoms with Crippen LogP contribution in [0.4, 0.5) is 11.4 Å². The number of nitro benzene ring substituents is 1. The van der Waals surface area contributed by atoms with E-state index in [1.807, 2.05) is 13.0 Å². The van der Waals surface area contributed by atoms with E-state index in [2.05, 4.69) is 4.90 Å². The van der Waals surface area contributed by atoms with Crippen LogP contribution < -0.4 is 0 Å². The van der Waals surface area contributed by atoms with E-state index in [0.717, 1.165) is 11.3 Å². The largest absolute Gasteiger partial charge is 0.354 e. The summed E-state index contributed by atoms with van der Waals surface area (Å²) in [5.41, 5.74) is 1.95. The molecule has 0 aliphatic heterocycles. The van der Waals surface area contributed by atoms with Gasteiger partial charge in [0.15, 0.2) is 0 Å². The highest BCUT2D eigenvalue weighted by Gasteiger charge is 2.39. The number of aliphatic imine (C=N–C) groups is 1. The van der Waals surface area contributed by atoms with Gasteiger partial charge in [0.05, 0.1) is 10.6 Å².